The minimum atomic E-state index is -0.290. The Morgan fingerprint density at radius 1 is 1.30 bits per heavy atom. The SMILES string of the molecule is CCOc1ncnc(NNC(=O)c2ccccc2)c1N. The number of nitrogens with zero attached hydrogens (tertiary/aromatic N) is 2. The van der Waals surface area contributed by atoms with Crippen LogP contribution in [0.25, 0.3) is 0 Å². The Bertz CT molecular complexity index is 589. The number of anilines is 2. The molecular formula is C13H15N5O2. The van der Waals surface area contributed by atoms with Gasteiger partial charge in [-0.15, -0.1) is 0 Å². The number of carbonyl (C=O) groups is 1. The lowest BCUT2D eigenvalue weighted by atomic mass is 10.2. The van der Waals surface area contributed by atoms with Crippen LogP contribution in [0.3, 0.4) is 0 Å². The van der Waals surface area contributed by atoms with E-state index >= 15 is 0 Å². The lowest BCUT2D eigenvalue weighted by Gasteiger charge is -2.11. The van der Waals surface area contributed by atoms with Gasteiger partial charge in [-0.3, -0.25) is 15.6 Å². The highest BCUT2D eigenvalue weighted by molar-refractivity contribution is 5.95. The molecule has 20 heavy (non-hydrogen) atoms. The fraction of sp³-hybridized carbons (Fsp3) is 0.154. The monoisotopic (exact) mass is 273 g/mol. The van der Waals surface area contributed by atoms with Crippen LogP contribution in [-0.4, -0.2) is 22.5 Å². The van der Waals surface area contributed by atoms with Gasteiger partial charge in [0.05, 0.1) is 6.61 Å². The largest absolute Gasteiger partial charge is 0.476 e. The highest BCUT2D eigenvalue weighted by atomic mass is 16.5. The molecule has 1 heterocycles. The van der Waals surface area contributed by atoms with E-state index in [4.69, 9.17) is 10.5 Å². The first-order chi connectivity index (χ1) is 9.72. The second-order valence-corrected chi connectivity index (χ2v) is 3.82. The number of nitrogens with one attached hydrogen (secondary N) is 2. The Hall–Kier alpha value is -2.83. The average molecular weight is 273 g/mol. The first-order valence-corrected chi connectivity index (χ1v) is 6.07. The lowest BCUT2D eigenvalue weighted by molar-refractivity contribution is 0.0962. The smallest absolute Gasteiger partial charge is 0.269 e. The maximum Gasteiger partial charge on any atom is 0.269 e. The van der Waals surface area contributed by atoms with Crippen molar-refractivity contribution in [3.05, 3.63) is 42.2 Å². The van der Waals surface area contributed by atoms with E-state index in [-0.39, 0.29) is 23.3 Å². The number of ether oxygens (including phenoxy) is 1. The summed E-state index contributed by atoms with van der Waals surface area (Å²) in [5.74, 6) is 0.272. The summed E-state index contributed by atoms with van der Waals surface area (Å²) in [5, 5.41) is 0. The van der Waals surface area contributed by atoms with Crippen molar-refractivity contribution < 1.29 is 9.53 Å². The highest BCUT2D eigenvalue weighted by Crippen LogP contribution is 2.23. The Balaban J connectivity index is 2.04. The molecule has 2 aromatic rings. The molecule has 0 saturated heterocycles. The molecule has 104 valence electrons. The predicted octanol–water partition coefficient (Wildman–Crippen LogP) is 1.21. The second-order valence-electron chi connectivity index (χ2n) is 3.82. The third-order valence-electron chi connectivity index (χ3n) is 2.46. The van der Waals surface area contributed by atoms with Gasteiger partial charge in [-0.2, -0.15) is 4.98 Å². The van der Waals surface area contributed by atoms with Crippen LogP contribution in [0.15, 0.2) is 36.7 Å². The number of carbonyl (C=O) groups excluding carboxylic acids is 1. The van der Waals surface area contributed by atoms with E-state index in [0.717, 1.165) is 0 Å². The summed E-state index contributed by atoms with van der Waals surface area (Å²) in [4.78, 5) is 19.7. The summed E-state index contributed by atoms with van der Waals surface area (Å²) in [6.07, 6.45) is 1.30. The van der Waals surface area contributed by atoms with Crippen molar-refractivity contribution in [2.45, 2.75) is 6.92 Å². The van der Waals surface area contributed by atoms with Crippen molar-refractivity contribution in [1.29, 1.82) is 0 Å². The number of amides is 1. The molecule has 0 fully saturated rings. The minimum absolute atomic E-state index is 0.239. The fourth-order valence-electron chi connectivity index (χ4n) is 1.51. The number of hydrazine groups is 1. The first kappa shape index (κ1) is 13.6. The summed E-state index contributed by atoms with van der Waals surface area (Å²) >= 11 is 0. The van der Waals surface area contributed by atoms with E-state index in [2.05, 4.69) is 20.8 Å². The molecular weight excluding hydrogens is 258 g/mol. The van der Waals surface area contributed by atoms with E-state index in [1.807, 2.05) is 13.0 Å². The zero-order valence-corrected chi connectivity index (χ0v) is 11.0. The van der Waals surface area contributed by atoms with Crippen LogP contribution < -0.4 is 21.3 Å². The zero-order valence-electron chi connectivity index (χ0n) is 11.0. The van der Waals surface area contributed by atoms with Crippen LogP contribution in [0.1, 0.15) is 17.3 Å². The predicted molar refractivity (Wildman–Crippen MR) is 75.1 cm³/mol. The van der Waals surface area contributed by atoms with E-state index < -0.39 is 0 Å². The van der Waals surface area contributed by atoms with Gasteiger partial charge < -0.3 is 10.5 Å². The van der Waals surface area contributed by atoms with Gasteiger partial charge in [0.2, 0.25) is 5.88 Å². The van der Waals surface area contributed by atoms with Crippen LogP contribution >= 0.6 is 0 Å². The van der Waals surface area contributed by atoms with E-state index in [1.54, 1.807) is 24.3 Å². The van der Waals surface area contributed by atoms with Crippen molar-refractivity contribution in [3.63, 3.8) is 0 Å². The van der Waals surface area contributed by atoms with Gasteiger partial charge in [0.1, 0.15) is 12.0 Å². The topological polar surface area (TPSA) is 102 Å². The third-order valence-corrected chi connectivity index (χ3v) is 2.46. The fourth-order valence-corrected chi connectivity index (χ4v) is 1.51. The van der Waals surface area contributed by atoms with Crippen LogP contribution in [-0.2, 0) is 0 Å². The normalized spacial score (nSPS) is 9.85. The lowest BCUT2D eigenvalue weighted by Crippen LogP contribution is -2.30. The number of hydrogen-bond donors (Lipinski definition) is 3. The Morgan fingerprint density at radius 2 is 2.05 bits per heavy atom. The van der Waals surface area contributed by atoms with Crippen molar-refractivity contribution in [2.24, 2.45) is 0 Å². The van der Waals surface area contributed by atoms with Crippen LogP contribution in [0.2, 0.25) is 0 Å². The Labute approximate surface area is 116 Å². The van der Waals surface area contributed by atoms with Gasteiger partial charge in [-0.05, 0) is 19.1 Å². The first-order valence-electron chi connectivity index (χ1n) is 6.07. The molecule has 0 bridgehead atoms. The van der Waals surface area contributed by atoms with Crippen molar-refractivity contribution >= 4 is 17.4 Å². The molecule has 0 aliphatic heterocycles. The van der Waals surface area contributed by atoms with Gasteiger partial charge in [-0.25, -0.2) is 4.98 Å². The van der Waals surface area contributed by atoms with Crippen molar-refractivity contribution in [3.8, 4) is 5.88 Å². The summed E-state index contributed by atoms with van der Waals surface area (Å²) in [5.41, 5.74) is 11.8. The minimum Gasteiger partial charge on any atom is -0.476 e. The summed E-state index contributed by atoms with van der Waals surface area (Å²) in [7, 11) is 0. The number of hydrogen-bond acceptors (Lipinski definition) is 6. The molecule has 4 N–H and O–H groups in total. The van der Waals surface area contributed by atoms with E-state index in [9.17, 15) is 4.79 Å². The number of rotatable bonds is 5. The molecule has 7 nitrogen and oxygen atoms in total. The number of benzene rings is 1. The molecule has 1 aromatic carbocycles. The maximum atomic E-state index is 11.9. The molecule has 0 atom stereocenters. The van der Waals surface area contributed by atoms with Crippen molar-refractivity contribution in [2.75, 3.05) is 17.8 Å². The van der Waals surface area contributed by atoms with Gasteiger partial charge in [0.25, 0.3) is 5.91 Å². The van der Waals surface area contributed by atoms with E-state index in [1.165, 1.54) is 6.33 Å². The summed E-state index contributed by atoms with van der Waals surface area (Å²) in [6.45, 7) is 2.27. The zero-order chi connectivity index (χ0) is 14.4. The van der Waals surface area contributed by atoms with Crippen LogP contribution in [0, 0.1) is 0 Å². The number of aromatic nitrogens is 2. The molecule has 7 heteroatoms. The Kier molecular flexibility index (Phi) is 4.33. The number of nitrogens with two attached hydrogens (primary N) is 1. The Morgan fingerprint density at radius 3 is 2.75 bits per heavy atom. The van der Waals surface area contributed by atoms with Gasteiger partial charge >= 0.3 is 0 Å². The van der Waals surface area contributed by atoms with Crippen LogP contribution in [0.5, 0.6) is 5.88 Å². The molecule has 1 aromatic heterocycles. The van der Waals surface area contributed by atoms with Gasteiger partial charge in [-0.1, -0.05) is 18.2 Å². The molecule has 0 radical (unpaired) electrons. The molecule has 1 amide bonds. The summed E-state index contributed by atoms with van der Waals surface area (Å²) in [6, 6.07) is 8.79. The second kappa shape index (κ2) is 6.37. The van der Waals surface area contributed by atoms with Crippen LogP contribution in [0.4, 0.5) is 11.5 Å². The molecule has 0 saturated carbocycles. The van der Waals surface area contributed by atoms with E-state index in [0.29, 0.717) is 12.2 Å². The molecule has 0 unspecified atom stereocenters. The summed E-state index contributed by atoms with van der Waals surface area (Å²) < 4.78 is 5.24. The van der Waals surface area contributed by atoms with Gasteiger partial charge in [0, 0.05) is 5.56 Å². The highest BCUT2D eigenvalue weighted by Gasteiger charge is 2.10. The molecule has 0 spiro atoms. The van der Waals surface area contributed by atoms with Crippen molar-refractivity contribution in [1.82, 2.24) is 15.4 Å². The molecule has 0 aliphatic rings. The maximum absolute atomic E-state index is 11.9. The van der Waals surface area contributed by atoms with Gasteiger partial charge in [0.15, 0.2) is 5.82 Å². The molecule has 2 rings (SSSR count). The quantitative estimate of drug-likeness (QED) is 0.708. The third kappa shape index (κ3) is 3.14. The number of nitrogen functional groups attached to an aromatic ring is 1. The molecule has 0 aliphatic carbocycles. The average Bonchev–Trinajstić information content (AvgIpc) is 2.49. The standard InChI is InChI=1S/C13H15N5O2/c1-2-20-13-10(14)11(15-8-16-13)17-18-12(19)9-6-4-3-5-7-9/h3-8H,2,14H2,1H3,(H,18,19)(H,15,16,17).